The molecule has 272 valence electrons. The third-order valence-electron chi connectivity index (χ3n) is 11.4. The van der Waals surface area contributed by atoms with Gasteiger partial charge < -0.3 is 9.32 Å². The van der Waals surface area contributed by atoms with Crippen molar-refractivity contribution in [1.29, 1.82) is 0 Å². The molecule has 0 spiro atoms. The van der Waals surface area contributed by atoms with Crippen LogP contribution in [0.5, 0.6) is 0 Å². The maximum atomic E-state index is 6.35. The molecule has 58 heavy (non-hydrogen) atoms. The molecule has 0 aliphatic heterocycles. The molecule has 0 fully saturated rings. The van der Waals surface area contributed by atoms with E-state index in [-0.39, 0.29) is 0 Å². The smallest absolute Gasteiger partial charge is 0.136 e. The standard InChI is InChI=1S/C56H37NO/c1-2-13-38(14-3-1)41-31-33-47(34-32-41)57(48-20-10-19-44(37-48)50-23-12-26-54-56(50)51-21-8-9-25-53(51)58-54)52-24-11-22-49(45-29-27-39-15-4-6-17-42(39)35-45)55(52)46-30-28-40-16-5-7-18-43(40)36-46/h1-37H. The van der Waals surface area contributed by atoms with Crippen LogP contribution < -0.4 is 4.90 Å². The minimum absolute atomic E-state index is 0.888. The average molecular weight is 740 g/mol. The molecule has 2 nitrogen and oxygen atoms in total. The van der Waals surface area contributed by atoms with E-state index < -0.39 is 0 Å². The number of hydrogen-bond acceptors (Lipinski definition) is 2. The molecule has 0 bridgehead atoms. The average Bonchev–Trinajstić information content (AvgIpc) is 3.68. The van der Waals surface area contributed by atoms with Gasteiger partial charge in [0.15, 0.2) is 0 Å². The molecule has 11 aromatic rings. The van der Waals surface area contributed by atoms with Crippen molar-refractivity contribution in [2.75, 3.05) is 4.90 Å². The normalized spacial score (nSPS) is 11.4. The molecule has 2 heteroatoms. The Morgan fingerprint density at radius 2 is 0.862 bits per heavy atom. The molecule has 10 aromatic carbocycles. The van der Waals surface area contributed by atoms with Gasteiger partial charge in [-0.2, -0.15) is 0 Å². The second-order valence-electron chi connectivity index (χ2n) is 14.9. The van der Waals surface area contributed by atoms with Gasteiger partial charge in [0.2, 0.25) is 0 Å². The number of fused-ring (bicyclic) bond motifs is 5. The van der Waals surface area contributed by atoms with Gasteiger partial charge in [-0.25, -0.2) is 0 Å². The first kappa shape index (κ1) is 33.6. The number of para-hydroxylation sites is 1. The monoisotopic (exact) mass is 739 g/mol. The highest BCUT2D eigenvalue weighted by Crippen LogP contribution is 2.47. The van der Waals surface area contributed by atoms with Crippen molar-refractivity contribution in [2.24, 2.45) is 0 Å². The van der Waals surface area contributed by atoms with Crippen molar-refractivity contribution in [1.82, 2.24) is 0 Å². The number of anilines is 3. The van der Waals surface area contributed by atoms with Gasteiger partial charge in [0.05, 0.1) is 5.69 Å². The fourth-order valence-corrected chi connectivity index (χ4v) is 8.66. The highest BCUT2D eigenvalue weighted by Gasteiger charge is 2.22. The maximum absolute atomic E-state index is 6.35. The summed E-state index contributed by atoms with van der Waals surface area (Å²) in [6.45, 7) is 0. The molecule has 1 aromatic heterocycles. The summed E-state index contributed by atoms with van der Waals surface area (Å²) in [6, 6.07) is 80.9. The van der Waals surface area contributed by atoms with E-state index in [4.69, 9.17) is 4.42 Å². The second-order valence-corrected chi connectivity index (χ2v) is 14.9. The summed E-state index contributed by atoms with van der Waals surface area (Å²) in [7, 11) is 0. The summed E-state index contributed by atoms with van der Waals surface area (Å²) in [5, 5.41) is 7.13. The number of rotatable bonds is 7. The maximum Gasteiger partial charge on any atom is 0.136 e. The largest absolute Gasteiger partial charge is 0.456 e. The summed E-state index contributed by atoms with van der Waals surface area (Å²) >= 11 is 0. The topological polar surface area (TPSA) is 16.4 Å². The van der Waals surface area contributed by atoms with Crippen LogP contribution in [-0.4, -0.2) is 0 Å². The third kappa shape index (κ3) is 5.91. The summed E-state index contributed by atoms with van der Waals surface area (Å²) in [4.78, 5) is 2.43. The Hall–Kier alpha value is -7.68. The zero-order valence-corrected chi connectivity index (χ0v) is 31.7. The van der Waals surface area contributed by atoms with Crippen molar-refractivity contribution in [3.63, 3.8) is 0 Å². The Bertz CT molecular complexity index is 3290. The van der Waals surface area contributed by atoms with E-state index in [1.54, 1.807) is 0 Å². The van der Waals surface area contributed by atoms with Gasteiger partial charge in [0.1, 0.15) is 11.2 Å². The van der Waals surface area contributed by atoms with Crippen LogP contribution in [-0.2, 0) is 0 Å². The first-order valence-electron chi connectivity index (χ1n) is 19.8. The number of furan rings is 1. The van der Waals surface area contributed by atoms with Crippen molar-refractivity contribution < 1.29 is 4.42 Å². The van der Waals surface area contributed by atoms with E-state index in [1.165, 1.54) is 49.4 Å². The first-order chi connectivity index (χ1) is 28.7. The Balaban J connectivity index is 1.17. The molecule has 0 aliphatic carbocycles. The van der Waals surface area contributed by atoms with E-state index in [0.717, 1.165) is 55.7 Å². The number of hydrogen-bond donors (Lipinski definition) is 0. The first-order valence-corrected chi connectivity index (χ1v) is 19.8. The lowest BCUT2D eigenvalue weighted by molar-refractivity contribution is 0.669. The predicted octanol–water partition coefficient (Wildman–Crippen LogP) is 16.0. The van der Waals surface area contributed by atoms with E-state index in [2.05, 4.69) is 217 Å². The lowest BCUT2D eigenvalue weighted by Gasteiger charge is -2.30. The minimum Gasteiger partial charge on any atom is -0.456 e. The van der Waals surface area contributed by atoms with Crippen LogP contribution in [0.3, 0.4) is 0 Å². The summed E-state index contributed by atoms with van der Waals surface area (Å²) < 4.78 is 6.35. The SMILES string of the molecule is c1ccc(-c2ccc(N(c3cccc(-c4cccc5oc6ccccc6c45)c3)c3cccc(-c4ccc5ccccc5c4)c3-c3ccc4ccccc4c3)cc2)cc1. The molecule has 0 aliphatic rings. The molecule has 0 unspecified atom stereocenters. The Morgan fingerprint density at radius 1 is 0.310 bits per heavy atom. The number of nitrogens with zero attached hydrogens (tertiary/aromatic N) is 1. The van der Waals surface area contributed by atoms with Crippen LogP contribution in [0.4, 0.5) is 17.1 Å². The van der Waals surface area contributed by atoms with E-state index in [0.29, 0.717) is 0 Å². The minimum atomic E-state index is 0.888. The van der Waals surface area contributed by atoms with Crippen LogP contribution in [0, 0.1) is 0 Å². The molecule has 0 N–H and O–H groups in total. The molecular formula is C56H37NO. The molecular weight excluding hydrogens is 703 g/mol. The Kier molecular flexibility index (Phi) is 8.19. The fourth-order valence-electron chi connectivity index (χ4n) is 8.66. The lowest BCUT2D eigenvalue weighted by Crippen LogP contribution is -2.12. The highest BCUT2D eigenvalue weighted by molar-refractivity contribution is 6.12. The summed E-state index contributed by atoms with van der Waals surface area (Å²) in [6.07, 6.45) is 0. The van der Waals surface area contributed by atoms with Crippen molar-refractivity contribution in [2.45, 2.75) is 0 Å². The third-order valence-corrected chi connectivity index (χ3v) is 11.4. The van der Waals surface area contributed by atoms with Crippen molar-refractivity contribution >= 4 is 60.5 Å². The van der Waals surface area contributed by atoms with E-state index in [1.807, 2.05) is 12.1 Å². The Morgan fingerprint density at radius 3 is 1.66 bits per heavy atom. The van der Waals surface area contributed by atoms with Crippen LogP contribution >= 0.6 is 0 Å². The van der Waals surface area contributed by atoms with E-state index in [9.17, 15) is 0 Å². The van der Waals surface area contributed by atoms with Crippen LogP contribution in [0.15, 0.2) is 229 Å². The molecule has 0 atom stereocenters. The molecule has 0 radical (unpaired) electrons. The fraction of sp³-hybridized carbons (Fsp3) is 0. The van der Waals surface area contributed by atoms with Gasteiger partial charge in [0.25, 0.3) is 0 Å². The van der Waals surface area contributed by atoms with Crippen molar-refractivity contribution in [3.05, 3.63) is 224 Å². The molecule has 1 heterocycles. The zero-order chi connectivity index (χ0) is 38.4. The van der Waals surface area contributed by atoms with Crippen LogP contribution in [0.25, 0.3) is 88.0 Å². The number of benzene rings is 10. The summed E-state index contributed by atoms with van der Waals surface area (Å²) in [5.41, 5.74) is 14.3. The van der Waals surface area contributed by atoms with Gasteiger partial charge in [-0.3, -0.25) is 0 Å². The molecule has 0 saturated carbocycles. The summed E-state index contributed by atoms with van der Waals surface area (Å²) in [5.74, 6) is 0. The van der Waals surface area contributed by atoms with Gasteiger partial charge in [0, 0.05) is 27.7 Å². The highest BCUT2D eigenvalue weighted by atomic mass is 16.3. The second kappa shape index (κ2) is 14.1. The van der Waals surface area contributed by atoms with Gasteiger partial charge >= 0.3 is 0 Å². The zero-order valence-electron chi connectivity index (χ0n) is 31.7. The molecule has 0 saturated heterocycles. The molecule has 0 amide bonds. The van der Waals surface area contributed by atoms with Gasteiger partial charge in [-0.05, 0) is 115 Å². The van der Waals surface area contributed by atoms with Crippen LogP contribution in [0.2, 0.25) is 0 Å². The lowest BCUT2D eigenvalue weighted by atomic mass is 9.90. The Labute approximate surface area is 337 Å². The van der Waals surface area contributed by atoms with Gasteiger partial charge in [-0.1, -0.05) is 170 Å². The quantitative estimate of drug-likeness (QED) is 0.162. The predicted molar refractivity (Wildman–Crippen MR) is 245 cm³/mol. The van der Waals surface area contributed by atoms with E-state index >= 15 is 0 Å². The van der Waals surface area contributed by atoms with Crippen LogP contribution in [0.1, 0.15) is 0 Å². The van der Waals surface area contributed by atoms with Crippen molar-refractivity contribution in [3.8, 4) is 44.5 Å². The van der Waals surface area contributed by atoms with Gasteiger partial charge in [-0.15, -0.1) is 0 Å². The molecule has 11 rings (SSSR count).